The molecule has 1 atom stereocenters. The molecule has 1 aromatic rings. The first-order valence-corrected chi connectivity index (χ1v) is 6.37. The van der Waals surface area contributed by atoms with Crippen LogP contribution in [-0.2, 0) is 4.79 Å². The average molecular weight is 286 g/mol. The summed E-state index contributed by atoms with van der Waals surface area (Å²) in [5, 5.41) is 3.74. The summed E-state index contributed by atoms with van der Waals surface area (Å²) in [6.45, 7) is 2.04. The Bertz CT molecular complexity index is 316. The number of carbonyl (C=O) groups excluding carboxylic acids is 1. The van der Waals surface area contributed by atoms with E-state index in [9.17, 15) is 4.79 Å². The lowest BCUT2D eigenvalue weighted by Crippen LogP contribution is -2.36. The standard InChI is InChI=1S/C12H16BrNO2/c1-10(7-8-13)14-12(15)9-16-11-5-3-2-4-6-11/h2-6,10H,7-9H2,1H3,(H,14,15). The van der Waals surface area contributed by atoms with Crippen molar-refractivity contribution < 1.29 is 9.53 Å². The molecule has 1 aromatic carbocycles. The quantitative estimate of drug-likeness (QED) is 0.815. The number of hydrogen-bond donors (Lipinski definition) is 1. The number of carbonyl (C=O) groups is 1. The molecule has 0 aliphatic carbocycles. The molecule has 1 unspecified atom stereocenters. The second-order valence-corrected chi connectivity index (χ2v) is 4.34. The number of amides is 1. The van der Waals surface area contributed by atoms with Crippen molar-refractivity contribution >= 4 is 21.8 Å². The summed E-state index contributed by atoms with van der Waals surface area (Å²) in [6.07, 6.45) is 0.914. The Kier molecular flexibility index (Phi) is 5.93. The molecule has 0 heterocycles. The fourth-order valence-corrected chi connectivity index (χ4v) is 1.90. The van der Waals surface area contributed by atoms with Gasteiger partial charge in [0.1, 0.15) is 5.75 Å². The number of halogens is 1. The van der Waals surface area contributed by atoms with Gasteiger partial charge >= 0.3 is 0 Å². The fourth-order valence-electron chi connectivity index (χ4n) is 1.22. The molecule has 0 fully saturated rings. The van der Waals surface area contributed by atoms with Crippen LogP contribution in [0, 0.1) is 0 Å². The lowest BCUT2D eigenvalue weighted by atomic mass is 10.2. The summed E-state index contributed by atoms with van der Waals surface area (Å²) >= 11 is 3.33. The molecule has 88 valence electrons. The molecule has 16 heavy (non-hydrogen) atoms. The van der Waals surface area contributed by atoms with Gasteiger partial charge in [0.2, 0.25) is 0 Å². The maximum absolute atomic E-state index is 11.5. The van der Waals surface area contributed by atoms with Gasteiger partial charge in [-0.2, -0.15) is 0 Å². The Morgan fingerprint density at radius 3 is 2.75 bits per heavy atom. The van der Waals surface area contributed by atoms with Crippen molar-refractivity contribution in [3.05, 3.63) is 30.3 Å². The number of ether oxygens (including phenoxy) is 1. The zero-order chi connectivity index (χ0) is 11.8. The molecule has 4 heteroatoms. The van der Waals surface area contributed by atoms with Crippen LogP contribution in [0.3, 0.4) is 0 Å². The van der Waals surface area contributed by atoms with Crippen LogP contribution < -0.4 is 10.1 Å². The van der Waals surface area contributed by atoms with Crippen LogP contribution in [0.1, 0.15) is 13.3 Å². The SMILES string of the molecule is CC(CCBr)NC(=O)COc1ccccc1. The molecule has 1 N–H and O–H groups in total. The monoisotopic (exact) mass is 285 g/mol. The Hall–Kier alpha value is -1.03. The number of rotatable bonds is 6. The van der Waals surface area contributed by atoms with Gasteiger partial charge in [-0.05, 0) is 25.5 Å². The lowest BCUT2D eigenvalue weighted by Gasteiger charge is -2.12. The zero-order valence-corrected chi connectivity index (χ0v) is 10.9. The second-order valence-electron chi connectivity index (χ2n) is 3.55. The highest BCUT2D eigenvalue weighted by Gasteiger charge is 2.06. The van der Waals surface area contributed by atoms with Crippen LogP contribution in [0.5, 0.6) is 5.75 Å². The minimum atomic E-state index is -0.0858. The number of para-hydroxylation sites is 1. The van der Waals surface area contributed by atoms with Gasteiger partial charge in [0.15, 0.2) is 6.61 Å². The summed E-state index contributed by atoms with van der Waals surface area (Å²) in [5.74, 6) is 0.628. The molecule has 3 nitrogen and oxygen atoms in total. The summed E-state index contributed by atoms with van der Waals surface area (Å²) in [7, 11) is 0. The fraction of sp³-hybridized carbons (Fsp3) is 0.417. The minimum Gasteiger partial charge on any atom is -0.484 e. The Balaban J connectivity index is 2.25. The van der Waals surface area contributed by atoms with Gasteiger partial charge in [-0.3, -0.25) is 4.79 Å². The van der Waals surface area contributed by atoms with Crippen LogP contribution in [0.25, 0.3) is 0 Å². The molecule has 0 radical (unpaired) electrons. The Morgan fingerprint density at radius 2 is 2.12 bits per heavy atom. The van der Waals surface area contributed by atoms with E-state index >= 15 is 0 Å². The predicted molar refractivity (Wildman–Crippen MR) is 68.0 cm³/mol. The largest absolute Gasteiger partial charge is 0.484 e. The number of nitrogens with one attached hydrogen (secondary N) is 1. The van der Waals surface area contributed by atoms with Gasteiger partial charge < -0.3 is 10.1 Å². The van der Waals surface area contributed by atoms with Crippen molar-refractivity contribution in [3.63, 3.8) is 0 Å². The predicted octanol–water partition coefficient (Wildman–Crippen LogP) is 2.36. The van der Waals surface area contributed by atoms with Gasteiger partial charge in [-0.25, -0.2) is 0 Å². The van der Waals surface area contributed by atoms with E-state index in [0.717, 1.165) is 11.8 Å². The van der Waals surface area contributed by atoms with E-state index in [-0.39, 0.29) is 18.6 Å². The van der Waals surface area contributed by atoms with Crippen molar-refractivity contribution in [2.75, 3.05) is 11.9 Å². The molecular weight excluding hydrogens is 270 g/mol. The van der Waals surface area contributed by atoms with Crippen molar-refractivity contribution in [3.8, 4) is 5.75 Å². The average Bonchev–Trinajstić information content (AvgIpc) is 2.28. The first kappa shape index (κ1) is 13.0. The molecule has 0 aliphatic rings. The molecule has 0 aromatic heterocycles. The van der Waals surface area contributed by atoms with Crippen molar-refractivity contribution in [1.82, 2.24) is 5.32 Å². The van der Waals surface area contributed by atoms with E-state index < -0.39 is 0 Å². The first-order valence-electron chi connectivity index (χ1n) is 5.25. The third kappa shape index (κ3) is 5.16. The van der Waals surface area contributed by atoms with E-state index in [2.05, 4.69) is 21.2 Å². The van der Waals surface area contributed by atoms with E-state index in [1.165, 1.54) is 0 Å². The molecule has 1 amide bonds. The molecule has 0 bridgehead atoms. The van der Waals surface area contributed by atoms with Crippen molar-refractivity contribution in [2.24, 2.45) is 0 Å². The van der Waals surface area contributed by atoms with E-state index in [1.54, 1.807) is 0 Å². The van der Waals surface area contributed by atoms with Crippen LogP contribution in [0.15, 0.2) is 30.3 Å². The first-order chi connectivity index (χ1) is 7.72. The summed E-state index contributed by atoms with van der Waals surface area (Å²) in [6, 6.07) is 9.49. The normalized spacial score (nSPS) is 11.9. The van der Waals surface area contributed by atoms with Crippen LogP contribution in [0.2, 0.25) is 0 Å². The zero-order valence-electron chi connectivity index (χ0n) is 9.28. The Morgan fingerprint density at radius 1 is 1.44 bits per heavy atom. The molecule has 0 aliphatic heterocycles. The smallest absolute Gasteiger partial charge is 0.258 e. The summed E-state index contributed by atoms with van der Waals surface area (Å²) in [4.78, 5) is 11.5. The van der Waals surface area contributed by atoms with E-state index in [0.29, 0.717) is 5.75 Å². The number of hydrogen-bond acceptors (Lipinski definition) is 2. The molecule has 1 rings (SSSR count). The number of alkyl halides is 1. The highest BCUT2D eigenvalue weighted by Crippen LogP contribution is 2.07. The van der Waals surface area contributed by atoms with Gasteiger partial charge in [0, 0.05) is 11.4 Å². The van der Waals surface area contributed by atoms with Crippen molar-refractivity contribution in [1.29, 1.82) is 0 Å². The summed E-state index contributed by atoms with van der Waals surface area (Å²) in [5.41, 5.74) is 0. The number of benzene rings is 1. The second kappa shape index (κ2) is 7.28. The van der Waals surface area contributed by atoms with E-state index in [4.69, 9.17) is 4.74 Å². The topological polar surface area (TPSA) is 38.3 Å². The van der Waals surface area contributed by atoms with Gasteiger partial charge in [-0.1, -0.05) is 34.1 Å². The Labute approximate surface area is 104 Å². The minimum absolute atomic E-state index is 0.0661. The summed E-state index contributed by atoms with van der Waals surface area (Å²) < 4.78 is 5.32. The highest BCUT2D eigenvalue weighted by atomic mass is 79.9. The molecule has 0 spiro atoms. The maximum Gasteiger partial charge on any atom is 0.258 e. The van der Waals surface area contributed by atoms with Crippen LogP contribution >= 0.6 is 15.9 Å². The van der Waals surface area contributed by atoms with Crippen LogP contribution in [0.4, 0.5) is 0 Å². The third-order valence-corrected chi connectivity index (χ3v) is 2.52. The van der Waals surface area contributed by atoms with Gasteiger partial charge in [0.25, 0.3) is 5.91 Å². The maximum atomic E-state index is 11.5. The lowest BCUT2D eigenvalue weighted by molar-refractivity contribution is -0.123. The molecular formula is C12H16BrNO2. The van der Waals surface area contributed by atoms with Crippen LogP contribution in [-0.4, -0.2) is 23.9 Å². The third-order valence-electron chi connectivity index (χ3n) is 2.06. The molecule has 0 saturated carbocycles. The highest BCUT2D eigenvalue weighted by molar-refractivity contribution is 9.09. The van der Waals surface area contributed by atoms with Gasteiger partial charge in [0.05, 0.1) is 0 Å². The van der Waals surface area contributed by atoms with E-state index in [1.807, 2.05) is 37.3 Å². The van der Waals surface area contributed by atoms with Gasteiger partial charge in [-0.15, -0.1) is 0 Å². The van der Waals surface area contributed by atoms with Crippen molar-refractivity contribution in [2.45, 2.75) is 19.4 Å². The molecule has 0 saturated heterocycles.